The first-order valence-electron chi connectivity index (χ1n) is 6.20. The van der Waals surface area contributed by atoms with Crippen LogP contribution in [-0.4, -0.2) is 29.3 Å². The second-order valence-electron chi connectivity index (χ2n) is 4.42. The van der Waals surface area contributed by atoms with Gasteiger partial charge in [0.25, 0.3) is 0 Å². The summed E-state index contributed by atoms with van der Waals surface area (Å²) >= 11 is 4.89. The zero-order valence-corrected chi connectivity index (χ0v) is 11.1. The fraction of sp³-hybridized carbons (Fsp3) is 0.538. The number of hydrogen-bond donors (Lipinski definition) is 1. The molecule has 2 rings (SSSR count). The lowest BCUT2D eigenvalue weighted by atomic mass is 10.1. The smallest absolute Gasteiger partial charge is 0.122 e. The van der Waals surface area contributed by atoms with Crippen LogP contribution in [0.2, 0.25) is 0 Å². The predicted molar refractivity (Wildman–Crippen MR) is 73.4 cm³/mol. The van der Waals surface area contributed by atoms with E-state index >= 15 is 0 Å². The fourth-order valence-electron chi connectivity index (χ4n) is 1.95. The zero-order chi connectivity index (χ0) is 12.8. The van der Waals surface area contributed by atoms with E-state index in [0.29, 0.717) is 23.9 Å². The second kappa shape index (κ2) is 6.78. The van der Waals surface area contributed by atoms with E-state index in [2.05, 4.69) is 4.98 Å². The largest absolute Gasteiger partial charge is 0.388 e. The maximum Gasteiger partial charge on any atom is 0.122 e. The average Bonchev–Trinajstić information content (AvgIpc) is 2.40. The van der Waals surface area contributed by atoms with Gasteiger partial charge in [-0.25, -0.2) is 0 Å². The molecule has 1 aliphatic rings. The minimum absolute atomic E-state index is 0.246. The van der Waals surface area contributed by atoms with Gasteiger partial charge in [0, 0.05) is 12.8 Å². The van der Waals surface area contributed by atoms with E-state index in [1.54, 1.807) is 6.20 Å². The normalized spacial score (nSPS) is 19.7. The Bertz CT molecular complexity index is 406. The van der Waals surface area contributed by atoms with Gasteiger partial charge in [-0.05, 0) is 37.0 Å². The van der Waals surface area contributed by atoms with Crippen LogP contribution in [-0.2, 0) is 16.1 Å². The van der Waals surface area contributed by atoms with Gasteiger partial charge in [-0.2, -0.15) is 0 Å². The molecule has 0 aliphatic carbocycles. The van der Waals surface area contributed by atoms with Gasteiger partial charge in [-0.3, -0.25) is 4.98 Å². The molecule has 0 spiro atoms. The third-order valence-corrected chi connectivity index (χ3v) is 3.13. The Morgan fingerprint density at radius 3 is 3.17 bits per heavy atom. The Morgan fingerprint density at radius 2 is 2.44 bits per heavy atom. The number of ether oxygens (including phenoxy) is 2. The molecule has 1 aliphatic heterocycles. The van der Waals surface area contributed by atoms with Crippen LogP contribution >= 0.6 is 12.2 Å². The van der Waals surface area contributed by atoms with Crippen LogP contribution in [0.1, 0.15) is 30.5 Å². The van der Waals surface area contributed by atoms with Crippen LogP contribution in [0.15, 0.2) is 18.3 Å². The predicted octanol–water partition coefficient (Wildman–Crippen LogP) is 1.80. The Balaban J connectivity index is 1.78. The van der Waals surface area contributed by atoms with E-state index in [1.165, 1.54) is 6.42 Å². The standard InChI is InChI=1S/C13H18N2O2S/c14-13(18)12-7-10(4-5-15-12)8-16-9-11-3-1-2-6-17-11/h4-5,7,11H,1-3,6,8-9H2,(H2,14,18). The number of rotatable bonds is 5. The van der Waals surface area contributed by atoms with E-state index in [9.17, 15) is 0 Å². The van der Waals surface area contributed by atoms with Crippen molar-refractivity contribution in [2.24, 2.45) is 5.73 Å². The highest BCUT2D eigenvalue weighted by atomic mass is 32.1. The van der Waals surface area contributed by atoms with Crippen molar-refractivity contribution >= 4 is 17.2 Å². The van der Waals surface area contributed by atoms with Gasteiger partial charge in [-0.15, -0.1) is 0 Å². The van der Waals surface area contributed by atoms with Crippen molar-refractivity contribution in [3.8, 4) is 0 Å². The molecule has 1 fully saturated rings. The van der Waals surface area contributed by atoms with Gasteiger partial charge in [0.2, 0.25) is 0 Å². The van der Waals surface area contributed by atoms with E-state index < -0.39 is 0 Å². The topological polar surface area (TPSA) is 57.4 Å². The van der Waals surface area contributed by atoms with Gasteiger partial charge < -0.3 is 15.2 Å². The maximum atomic E-state index is 5.66. The van der Waals surface area contributed by atoms with Crippen LogP contribution in [0.25, 0.3) is 0 Å². The summed E-state index contributed by atoms with van der Waals surface area (Å²) in [5.41, 5.74) is 7.21. The van der Waals surface area contributed by atoms with Crippen molar-refractivity contribution in [3.63, 3.8) is 0 Å². The Kier molecular flexibility index (Phi) is 5.04. The summed E-state index contributed by atoms with van der Waals surface area (Å²) in [6, 6.07) is 3.77. The quantitative estimate of drug-likeness (QED) is 0.824. The van der Waals surface area contributed by atoms with Gasteiger partial charge in [-0.1, -0.05) is 12.2 Å². The summed E-state index contributed by atoms with van der Waals surface area (Å²) in [6.45, 7) is 2.04. The van der Waals surface area contributed by atoms with Crippen LogP contribution in [0.4, 0.5) is 0 Å². The molecule has 0 amide bonds. The van der Waals surface area contributed by atoms with Crippen LogP contribution in [0.5, 0.6) is 0 Å². The number of pyridine rings is 1. The van der Waals surface area contributed by atoms with Crippen molar-refractivity contribution in [2.75, 3.05) is 13.2 Å². The molecule has 2 heterocycles. The molecule has 18 heavy (non-hydrogen) atoms. The third-order valence-electron chi connectivity index (χ3n) is 2.92. The minimum Gasteiger partial charge on any atom is -0.388 e. The molecule has 0 aromatic carbocycles. The fourth-order valence-corrected chi connectivity index (χ4v) is 2.06. The zero-order valence-electron chi connectivity index (χ0n) is 10.3. The number of thiocarbonyl (C=S) groups is 1. The minimum atomic E-state index is 0.246. The van der Waals surface area contributed by atoms with E-state index in [1.807, 2.05) is 12.1 Å². The van der Waals surface area contributed by atoms with E-state index in [0.717, 1.165) is 25.0 Å². The molecule has 1 atom stereocenters. The van der Waals surface area contributed by atoms with Gasteiger partial charge >= 0.3 is 0 Å². The number of aromatic nitrogens is 1. The number of hydrogen-bond acceptors (Lipinski definition) is 4. The molecular formula is C13H18N2O2S. The highest BCUT2D eigenvalue weighted by Gasteiger charge is 2.13. The molecule has 1 saturated heterocycles. The molecule has 5 heteroatoms. The molecule has 0 saturated carbocycles. The van der Waals surface area contributed by atoms with E-state index in [-0.39, 0.29) is 6.10 Å². The molecule has 1 unspecified atom stereocenters. The lowest BCUT2D eigenvalue weighted by molar-refractivity contribution is -0.0447. The Hall–Kier alpha value is -1.04. The Morgan fingerprint density at radius 1 is 1.56 bits per heavy atom. The van der Waals surface area contributed by atoms with Gasteiger partial charge in [0.05, 0.1) is 25.0 Å². The highest BCUT2D eigenvalue weighted by Crippen LogP contribution is 2.13. The molecule has 4 nitrogen and oxygen atoms in total. The SMILES string of the molecule is NC(=S)c1cc(COCC2CCCCO2)ccn1. The first-order chi connectivity index (χ1) is 8.75. The van der Waals surface area contributed by atoms with Crippen LogP contribution in [0.3, 0.4) is 0 Å². The molecule has 0 bridgehead atoms. The van der Waals surface area contributed by atoms with Crippen LogP contribution < -0.4 is 5.73 Å². The average molecular weight is 266 g/mol. The summed E-state index contributed by atoms with van der Waals surface area (Å²) < 4.78 is 11.3. The highest BCUT2D eigenvalue weighted by molar-refractivity contribution is 7.80. The molecule has 98 valence electrons. The van der Waals surface area contributed by atoms with Gasteiger partial charge in [0.1, 0.15) is 4.99 Å². The number of nitrogens with zero attached hydrogens (tertiary/aromatic N) is 1. The summed E-state index contributed by atoms with van der Waals surface area (Å²) in [4.78, 5) is 4.40. The molecule has 2 N–H and O–H groups in total. The first-order valence-corrected chi connectivity index (χ1v) is 6.60. The maximum absolute atomic E-state index is 5.66. The summed E-state index contributed by atoms with van der Waals surface area (Å²) in [7, 11) is 0. The second-order valence-corrected chi connectivity index (χ2v) is 4.86. The lowest BCUT2D eigenvalue weighted by Gasteiger charge is -2.22. The van der Waals surface area contributed by atoms with Crippen molar-refractivity contribution in [1.82, 2.24) is 4.98 Å². The van der Waals surface area contributed by atoms with Crippen molar-refractivity contribution in [2.45, 2.75) is 32.0 Å². The Labute approximate surface area is 112 Å². The molecule has 1 aromatic rings. The van der Waals surface area contributed by atoms with Crippen molar-refractivity contribution < 1.29 is 9.47 Å². The summed E-state index contributed by atoms with van der Waals surface area (Å²) in [5.74, 6) is 0. The third kappa shape index (κ3) is 4.01. The summed E-state index contributed by atoms with van der Waals surface area (Å²) in [5, 5.41) is 0. The number of nitrogens with two attached hydrogens (primary N) is 1. The first kappa shape index (κ1) is 13.4. The van der Waals surface area contributed by atoms with Crippen LogP contribution in [0, 0.1) is 0 Å². The van der Waals surface area contributed by atoms with E-state index in [4.69, 9.17) is 27.4 Å². The van der Waals surface area contributed by atoms with Gasteiger partial charge in [0.15, 0.2) is 0 Å². The summed E-state index contributed by atoms with van der Waals surface area (Å²) in [6.07, 6.45) is 5.43. The molecule has 1 aromatic heterocycles. The molecule has 0 radical (unpaired) electrons. The van der Waals surface area contributed by atoms with Crippen molar-refractivity contribution in [3.05, 3.63) is 29.6 Å². The monoisotopic (exact) mass is 266 g/mol. The lowest BCUT2D eigenvalue weighted by Crippen LogP contribution is -2.24. The van der Waals surface area contributed by atoms with Crippen molar-refractivity contribution in [1.29, 1.82) is 0 Å². The molecular weight excluding hydrogens is 248 g/mol.